The van der Waals surface area contributed by atoms with Gasteiger partial charge < -0.3 is 10.6 Å². The Bertz CT molecular complexity index is 418. The number of hydrogen-bond donors (Lipinski definition) is 2. The smallest absolute Gasteiger partial charge is 0.218 e. The number of alkyl halides is 2. The van der Waals surface area contributed by atoms with Crippen molar-refractivity contribution in [1.82, 2.24) is 5.32 Å². The van der Waals surface area contributed by atoms with Crippen molar-refractivity contribution in [3.8, 4) is 0 Å². The summed E-state index contributed by atoms with van der Waals surface area (Å²) in [6.45, 7) is 5.45. The van der Waals surface area contributed by atoms with Gasteiger partial charge in [-0.2, -0.15) is 0 Å². The molecule has 0 saturated heterocycles. The normalized spacial score (nSPS) is 12.9. The molecular formula is C14H20Cl2N2O. The summed E-state index contributed by atoms with van der Waals surface area (Å²) in [6, 6.07) is 7.83. The number of anilines is 1. The lowest BCUT2D eigenvalue weighted by Crippen LogP contribution is -2.50. The number of rotatable bonds is 6. The highest BCUT2D eigenvalue weighted by Crippen LogP contribution is 2.31. The predicted octanol–water partition coefficient (Wildman–Crippen LogP) is 3.84. The van der Waals surface area contributed by atoms with E-state index in [2.05, 4.69) is 10.6 Å². The van der Waals surface area contributed by atoms with E-state index in [0.717, 1.165) is 17.7 Å². The monoisotopic (exact) mass is 302 g/mol. The number of carbonyl (C=O) groups is 1. The summed E-state index contributed by atoms with van der Waals surface area (Å²) in [5.41, 5.74) is 2.03. The molecule has 0 bridgehead atoms. The van der Waals surface area contributed by atoms with Crippen molar-refractivity contribution in [1.29, 1.82) is 0 Å². The molecule has 1 unspecified atom stereocenters. The van der Waals surface area contributed by atoms with Crippen LogP contribution in [0.4, 0.5) is 5.69 Å². The fourth-order valence-corrected chi connectivity index (χ4v) is 2.34. The summed E-state index contributed by atoms with van der Waals surface area (Å²) in [5.74, 6) is -0.175. The average molecular weight is 303 g/mol. The number of amides is 1. The van der Waals surface area contributed by atoms with Crippen LogP contribution in [0.5, 0.6) is 0 Å². The van der Waals surface area contributed by atoms with E-state index in [4.69, 9.17) is 23.2 Å². The van der Waals surface area contributed by atoms with Crippen LogP contribution in [0.3, 0.4) is 0 Å². The van der Waals surface area contributed by atoms with Gasteiger partial charge >= 0.3 is 0 Å². The Labute approximate surface area is 124 Å². The van der Waals surface area contributed by atoms with Crippen molar-refractivity contribution in [3.63, 3.8) is 0 Å². The van der Waals surface area contributed by atoms with Gasteiger partial charge in [-0.25, -0.2) is 0 Å². The van der Waals surface area contributed by atoms with Gasteiger partial charge in [0.25, 0.3) is 0 Å². The van der Waals surface area contributed by atoms with Crippen LogP contribution in [0.25, 0.3) is 0 Å². The van der Waals surface area contributed by atoms with Gasteiger partial charge in [-0.15, -0.1) is 0 Å². The molecule has 0 saturated carbocycles. The molecule has 19 heavy (non-hydrogen) atoms. The first-order valence-electron chi connectivity index (χ1n) is 6.33. The van der Waals surface area contributed by atoms with Gasteiger partial charge in [-0.1, -0.05) is 54.2 Å². The van der Waals surface area contributed by atoms with Gasteiger partial charge in [0.1, 0.15) is 6.17 Å². The summed E-state index contributed by atoms with van der Waals surface area (Å²) in [6.07, 6.45) is 0.884. The minimum Gasteiger partial charge on any atom is -0.363 e. The standard InChI is InChI=1S/C14H20Cl2N2O/c1-4-9-14(15,16)13(17-11(3)19)18-12-7-5-10(2)6-8-12/h5-8,13,18H,4,9H2,1-3H3,(H,17,19). The van der Waals surface area contributed by atoms with E-state index in [9.17, 15) is 4.79 Å². The predicted molar refractivity (Wildman–Crippen MR) is 81.8 cm³/mol. The Morgan fingerprint density at radius 3 is 2.37 bits per heavy atom. The van der Waals surface area contributed by atoms with E-state index in [-0.39, 0.29) is 5.91 Å². The van der Waals surface area contributed by atoms with Crippen LogP contribution in [0.15, 0.2) is 24.3 Å². The first-order chi connectivity index (χ1) is 8.85. The Balaban J connectivity index is 2.85. The zero-order chi connectivity index (χ0) is 14.5. The van der Waals surface area contributed by atoms with Gasteiger partial charge in [0.2, 0.25) is 5.91 Å². The van der Waals surface area contributed by atoms with E-state index < -0.39 is 10.5 Å². The summed E-state index contributed by atoms with van der Waals surface area (Å²) in [5, 5.41) is 5.92. The van der Waals surface area contributed by atoms with Crippen molar-refractivity contribution < 1.29 is 4.79 Å². The van der Waals surface area contributed by atoms with Crippen molar-refractivity contribution in [2.45, 2.75) is 44.1 Å². The maximum absolute atomic E-state index is 11.3. The average Bonchev–Trinajstić information content (AvgIpc) is 2.30. The fraction of sp³-hybridized carbons (Fsp3) is 0.500. The third kappa shape index (κ3) is 5.29. The molecular weight excluding hydrogens is 283 g/mol. The molecule has 0 spiro atoms. The van der Waals surface area contributed by atoms with Gasteiger partial charge in [-0.05, 0) is 25.5 Å². The fourth-order valence-electron chi connectivity index (χ4n) is 1.74. The number of halogens is 2. The Hall–Kier alpha value is -0.930. The highest BCUT2D eigenvalue weighted by Gasteiger charge is 2.34. The maximum Gasteiger partial charge on any atom is 0.218 e. The molecule has 1 aromatic rings. The van der Waals surface area contributed by atoms with Crippen LogP contribution in [0.1, 0.15) is 32.3 Å². The second kappa shape index (κ2) is 7.01. The number of carbonyl (C=O) groups excluding carboxylic acids is 1. The highest BCUT2D eigenvalue weighted by atomic mass is 35.5. The van der Waals surface area contributed by atoms with Crippen LogP contribution in [-0.4, -0.2) is 16.4 Å². The molecule has 0 radical (unpaired) electrons. The zero-order valence-corrected chi connectivity index (χ0v) is 13.0. The van der Waals surface area contributed by atoms with Crippen LogP contribution < -0.4 is 10.6 Å². The Kier molecular flexibility index (Phi) is 5.95. The minimum atomic E-state index is -1.05. The molecule has 0 aliphatic carbocycles. The second-order valence-corrected chi connectivity index (χ2v) is 6.20. The van der Waals surface area contributed by atoms with Gasteiger partial charge in [0, 0.05) is 12.6 Å². The summed E-state index contributed by atoms with van der Waals surface area (Å²) in [7, 11) is 0. The van der Waals surface area contributed by atoms with Crippen LogP contribution in [-0.2, 0) is 4.79 Å². The van der Waals surface area contributed by atoms with Gasteiger partial charge in [-0.3, -0.25) is 4.79 Å². The second-order valence-electron chi connectivity index (χ2n) is 4.65. The largest absolute Gasteiger partial charge is 0.363 e. The molecule has 0 aromatic heterocycles. The molecule has 0 aliphatic heterocycles. The Morgan fingerprint density at radius 1 is 1.32 bits per heavy atom. The summed E-state index contributed by atoms with van der Waals surface area (Å²) >= 11 is 12.6. The van der Waals surface area contributed by atoms with Gasteiger partial charge in [0.05, 0.1) is 0 Å². The molecule has 0 heterocycles. The van der Waals surface area contributed by atoms with Crippen molar-refractivity contribution in [2.75, 3.05) is 5.32 Å². The van der Waals surface area contributed by atoms with Crippen LogP contribution in [0.2, 0.25) is 0 Å². The van der Waals surface area contributed by atoms with Crippen molar-refractivity contribution in [2.24, 2.45) is 0 Å². The molecule has 5 heteroatoms. The lowest BCUT2D eigenvalue weighted by molar-refractivity contribution is -0.119. The van der Waals surface area contributed by atoms with Crippen molar-refractivity contribution >= 4 is 34.8 Å². The highest BCUT2D eigenvalue weighted by molar-refractivity contribution is 6.49. The van der Waals surface area contributed by atoms with E-state index in [0.29, 0.717) is 6.42 Å². The Morgan fingerprint density at radius 2 is 1.89 bits per heavy atom. The van der Waals surface area contributed by atoms with E-state index in [1.54, 1.807) is 0 Å². The topological polar surface area (TPSA) is 41.1 Å². The van der Waals surface area contributed by atoms with Crippen LogP contribution >= 0.6 is 23.2 Å². The molecule has 1 amide bonds. The maximum atomic E-state index is 11.3. The van der Waals surface area contributed by atoms with E-state index in [1.807, 2.05) is 38.1 Å². The molecule has 0 fully saturated rings. The molecule has 106 valence electrons. The van der Waals surface area contributed by atoms with Crippen molar-refractivity contribution in [3.05, 3.63) is 29.8 Å². The van der Waals surface area contributed by atoms with Gasteiger partial charge in [0.15, 0.2) is 4.33 Å². The first kappa shape index (κ1) is 16.1. The third-order valence-corrected chi connectivity index (χ3v) is 3.53. The zero-order valence-electron chi connectivity index (χ0n) is 11.5. The summed E-state index contributed by atoms with van der Waals surface area (Å²) in [4.78, 5) is 11.3. The lowest BCUT2D eigenvalue weighted by atomic mass is 10.1. The first-order valence-corrected chi connectivity index (χ1v) is 7.09. The third-order valence-electron chi connectivity index (χ3n) is 2.72. The molecule has 2 N–H and O–H groups in total. The number of aryl methyl sites for hydroxylation is 1. The number of nitrogens with one attached hydrogen (secondary N) is 2. The van der Waals surface area contributed by atoms with Crippen LogP contribution in [0, 0.1) is 6.92 Å². The molecule has 3 nitrogen and oxygen atoms in total. The quantitative estimate of drug-likeness (QED) is 0.619. The minimum absolute atomic E-state index is 0.175. The van der Waals surface area contributed by atoms with E-state index in [1.165, 1.54) is 6.92 Å². The number of hydrogen-bond acceptors (Lipinski definition) is 2. The summed E-state index contributed by atoms with van der Waals surface area (Å²) < 4.78 is -1.05. The SMILES string of the molecule is CCCC(Cl)(Cl)C(NC(C)=O)Nc1ccc(C)cc1. The van der Waals surface area contributed by atoms with E-state index >= 15 is 0 Å². The molecule has 1 rings (SSSR count). The number of benzene rings is 1. The molecule has 1 atom stereocenters. The lowest BCUT2D eigenvalue weighted by Gasteiger charge is -2.31. The molecule has 1 aromatic carbocycles. The molecule has 0 aliphatic rings.